The van der Waals surface area contributed by atoms with E-state index in [1.165, 1.54) is 4.90 Å². The highest BCUT2D eigenvalue weighted by atomic mass is 35.5. The number of benzene rings is 1. The Morgan fingerprint density at radius 2 is 1.88 bits per heavy atom. The molecule has 1 fully saturated rings. The molecule has 8 heteroatoms. The summed E-state index contributed by atoms with van der Waals surface area (Å²) in [5, 5.41) is 16.2. The zero-order valence-corrected chi connectivity index (χ0v) is 20.4. The molecule has 2 aliphatic rings. The number of aliphatic hydroxyl groups excluding tert-OH is 1. The molecule has 0 unspecified atom stereocenters. The maximum Gasteiger partial charge on any atom is 0.247 e. The third-order valence-corrected chi connectivity index (χ3v) is 7.64. The minimum atomic E-state index is -0.855. The van der Waals surface area contributed by atoms with Gasteiger partial charge in [-0.1, -0.05) is 63.1 Å². The van der Waals surface area contributed by atoms with Crippen molar-refractivity contribution in [2.75, 3.05) is 19.0 Å². The number of nitrogens with one attached hydrogen (secondary N) is 2. The van der Waals surface area contributed by atoms with Gasteiger partial charge in [0.05, 0.1) is 35.2 Å². The molecule has 180 valence electrons. The lowest BCUT2D eigenvalue weighted by atomic mass is 9.69. The minimum Gasteiger partial charge on any atom is -0.394 e. The molecular formula is C25H34ClN3O4. The summed E-state index contributed by atoms with van der Waals surface area (Å²) >= 11 is 6.26. The lowest BCUT2D eigenvalue weighted by Crippen LogP contribution is -2.52. The first-order chi connectivity index (χ1) is 15.8. The monoisotopic (exact) mass is 475 g/mol. The predicted octanol–water partition coefficient (Wildman–Crippen LogP) is 3.09. The molecule has 3 rings (SSSR count). The Bertz CT molecular complexity index is 921. The molecule has 0 radical (unpaired) electrons. The van der Waals surface area contributed by atoms with Gasteiger partial charge in [-0.15, -0.1) is 0 Å². The van der Waals surface area contributed by atoms with Crippen LogP contribution in [-0.4, -0.2) is 53.5 Å². The van der Waals surface area contributed by atoms with Crippen LogP contribution in [0.15, 0.2) is 36.4 Å². The Labute approximate surface area is 200 Å². The van der Waals surface area contributed by atoms with Crippen molar-refractivity contribution in [2.45, 2.75) is 45.7 Å². The molecule has 3 N–H and O–H groups in total. The highest BCUT2D eigenvalue weighted by molar-refractivity contribution is 6.33. The number of anilines is 1. The molecule has 0 saturated carbocycles. The molecule has 0 spiro atoms. The van der Waals surface area contributed by atoms with Gasteiger partial charge in [0.2, 0.25) is 17.7 Å². The standard InChI is InChI=1S/C25H34ClN3O4/c1-5-14(3)19(13-30)29-22(24(32)28-18-10-8-7-9-17(18)26)16-12-11-15(6-2)20(23(31)27-4)21(16)25(29)33/h7-12,14-16,19-22,30H,5-6,13H2,1-4H3,(H,27,31)(H,28,32)/t14-,15+,16-,19-,20+,21+,22-/m0/s1. The van der Waals surface area contributed by atoms with E-state index in [0.29, 0.717) is 17.1 Å². The second kappa shape index (κ2) is 10.7. The Morgan fingerprint density at radius 3 is 2.45 bits per heavy atom. The van der Waals surface area contributed by atoms with Crippen molar-refractivity contribution in [1.29, 1.82) is 0 Å². The molecule has 0 aromatic heterocycles. The lowest BCUT2D eigenvalue weighted by Gasteiger charge is -2.36. The Morgan fingerprint density at radius 1 is 1.18 bits per heavy atom. The number of allylic oxidation sites excluding steroid dienone is 1. The van der Waals surface area contributed by atoms with Crippen LogP contribution in [0.25, 0.3) is 0 Å². The third-order valence-electron chi connectivity index (χ3n) is 7.31. The zero-order chi connectivity index (χ0) is 24.3. The molecule has 1 aromatic carbocycles. The number of nitrogens with zero attached hydrogens (tertiary/aromatic N) is 1. The highest BCUT2D eigenvalue weighted by Crippen LogP contribution is 2.46. The molecule has 1 aromatic rings. The van der Waals surface area contributed by atoms with Gasteiger partial charge in [0.1, 0.15) is 6.04 Å². The van der Waals surface area contributed by atoms with E-state index in [9.17, 15) is 19.5 Å². The van der Waals surface area contributed by atoms with Crippen molar-refractivity contribution in [1.82, 2.24) is 10.2 Å². The minimum absolute atomic E-state index is 0.0286. The van der Waals surface area contributed by atoms with Crippen LogP contribution in [0.1, 0.15) is 33.6 Å². The van der Waals surface area contributed by atoms with Crippen molar-refractivity contribution < 1.29 is 19.5 Å². The van der Waals surface area contributed by atoms with Crippen LogP contribution in [0.2, 0.25) is 5.02 Å². The summed E-state index contributed by atoms with van der Waals surface area (Å²) in [6.45, 7) is 5.67. The summed E-state index contributed by atoms with van der Waals surface area (Å²) in [6, 6.07) is 5.54. The number of rotatable bonds is 8. The number of fused-ring (bicyclic) bond motifs is 1. The fraction of sp³-hybridized carbons (Fsp3) is 0.560. The fourth-order valence-corrected chi connectivity index (χ4v) is 5.48. The van der Waals surface area contributed by atoms with Crippen molar-refractivity contribution >= 4 is 35.0 Å². The fourth-order valence-electron chi connectivity index (χ4n) is 5.30. The average Bonchev–Trinajstić information content (AvgIpc) is 3.12. The molecule has 3 amide bonds. The molecule has 7 nitrogen and oxygen atoms in total. The van der Waals surface area contributed by atoms with Crippen LogP contribution in [0.4, 0.5) is 5.69 Å². The number of hydrogen-bond donors (Lipinski definition) is 3. The van der Waals surface area contributed by atoms with Gasteiger partial charge in [0, 0.05) is 13.0 Å². The molecule has 7 atom stereocenters. The highest BCUT2D eigenvalue weighted by Gasteiger charge is 2.58. The Hall–Kier alpha value is -2.38. The second-order valence-corrected chi connectivity index (χ2v) is 9.40. The Balaban J connectivity index is 2.08. The smallest absolute Gasteiger partial charge is 0.247 e. The topological polar surface area (TPSA) is 98.7 Å². The molecule has 1 aliphatic carbocycles. The van der Waals surface area contributed by atoms with Crippen LogP contribution in [0, 0.1) is 29.6 Å². The number of carbonyl (C=O) groups excluding carboxylic acids is 3. The molecule has 1 aliphatic heterocycles. The van der Waals surface area contributed by atoms with Crippen LogP contribution in [0.5, 0.6) is 0 Å². The van der Waals surface area contributed by atoms with E-state index in [1.54, 1.807) is 31.3 Å². The summed E-state index contributed by atoms with van der Waals surface area (Å²) in [6.07, 6.45) is 5.31. The van der Waals surface area contributed by atoms with Gasteiger partial charge in [-0.3, -0.25) is 14.4 Å². The number of aliphatic hydroxyl groups is 1. The summed E-state index contributed by atoms with van der Waals surface area (Å²) in [5.74, 6) is -2.68. The quantitative estimate of drug-likeness (QED) is 0.503. The van der Waals surface area contributed by atoms with Crippen LogP contribution in [0.3, 0.4) is 0 Å². The van der Waals surface area contributed by atoms with Crippen molar-refractivity contribution in [2.24, 2.45) is 29.6 Å². The van der Waals surface area contributed by atoms with Crippen LogP contribution < -0.4 is 10.6 Å². The SMILES string of the molecule is CC[C@H](C)[C@H](CO)N1C(=O)[C@@H]2[C@H](C=C[C@@H](CC)[C@H]2C(=O)NC)[C@H]1C(=O)Nc1ccccc1Cl. The zero-order valence-electron chi connectivity index (χ0n) is 19.6. The van der Waals surface area contributed by atoms with Gasteiger partial charge in [-0.2, -0.15) is 0 Å². The number of halogens is 1. The van der Waals surface area contributed by atoms with Gasteiger partial charge in [-0.25, -0.2) is 0 Å². The molecule has 1 heterocycles. The average molecular weight is 476 g/mol. The maximum absolute atomic E-state index is 13.9. The van der Waals surface area contributed by atoms with Gasteiger partial charge in [0.15, 0.2) is 0 Å². The summed E-state index contributed by atoms with van der Waals surface area (Å²) in [4.78, 5) is 41.9. The largest absolute Gasteiger partial charge is 0.394 e. The third kappa shape index (κ3) is 4.66. The maximum atomic E-state index is 13.9. The summed E-state index contributed by atoms with van der Waals surface area (Å²) in [7, 11) is 1.57. The van der Waals surface area contributed by atoms with E-state index in [0.717, 1.165) is 6.42 Å². The molecule has 33 heavy (non-hydrogen) atoms. The van der Waals surface area contributed by atoms with Gasteiger partial charge in [-0.05, 0) is 30.4 Å². The van der Waals surface area contributed by atoms with E-state index >= 15 is 0 Å². The summed E-state index contributed by atoms with van der Waals surface area (Å²) in [5.41, 5.74) is 0.457. The molecule has 1 saturated heterocycles. The van der Waals surface area contributed by atoms with Crippen molar-refractivity contribution in [3.8, 4) is 0 Å². The van der Waals surface area contributed by atoms with Gasteiger partial charge in [0.25, 0.3) is 0 Å². The molecule has 0 bridgehead atoms. The van der Waals surface area contributed by atoms with Crippen molar-refractivity contribution in [3.05, 3.63) is 41.4 Å². The predicted molar refractivity (Wildman–Crippen MR) is 129 cm³/mol. The number of likely N-dealkylation sites (tertiary alicyclic amines) is 1. The van der Waals surface area contributed by atoms with Gasteiger partial charge < -0.3 is 20.6 Å². The number of para-hydroxylation sites is 1. The number of carbonyl (C=O) groups is 3. The normalized spacial score (nSPS) is 28.2. The van der Waals surface area contributed by atoms with E-state index in [-0.39, 0.29) is 36.2 Å². The number of hydrogen-bond acceptors (Lipinski definition) is 4. The first-order valence-corrected chi connectivity index (χ1v) is 12.1. The summed E-state index contributed by atoms with van der Waals surface area (Å²) < 4.78 is 0. The van der Waals surface area contributed by atoms with E-state index in [2.05, 4.69) is 10.6 Å². The first-order valence-electron chi connectivity index (χ1n) is 11.7. The number of amides is 3. The van der Waals surface area contributed by atoms with E-state index in [4.69, 9.17) is 11.6 Å². The van der Waals surface area contributed by atoms with E-state index < -0.39 is 29.8 Å². The van der Waals surface area contributed by atoms with Gasteiger partial charge >= 0.3 is 0 Å². The Kier molecular flexibility index (Phi) is 8.19. The first kappa shape index (κ1) is 25.2. The van der Waals surface area contributed by atoms with E-state index in [1.807, 2.05) is 32.9 Å². The lowest BCUT2D eigenvalue weighted by molar-refractivity contribution is -0.143. The second-order valence-electron chi connectivity index (χ2n) is 9.00. The van der Waals surface area contributed by atoms with Crippen LogP contribution >= 0.6 is 11.6 Å². The van der Waals surface area contributed by atoms with Crippen LogP contribution in [-0.2, 0) is 14.4 Å². The molecular weight excluding hydrogens is 442 g/mol. The van der Waals surface area contributed by atoms with Crippen molar-refractivity contribution in [3.63, 3.8) is 0 Å².